The third kappa shape index (κ3) is 99.3. The molecule has 0 aromatic carbocycles. The standard InChI is InChI=1S/2C6H15NO3S.2C4H12N/c2*1-6(2)7-4-3-5-11(8,9)10;2*1-5(2,3)4/h2*6-7H,3-5H2,1-2H3,(H,8,9,10);2*1-4H3/q;;2*+1/p-2. The van der Waals surface area contributed by atoms with Crippen molar-refractivity contribution >= 4 is 20.2 Å². The average molecular weight is 509 g/mol. The predicted molar refractivity (Wildman–Crippen MR) is 133 cm³/mol. The maximum absolute atomic E-state index is 10.1. The molecule has 0 heterocycles. The van der Waals surface area contributed by atoms with Crippen LogP contribution in [0.5, 0.6) is 0 Å². The van der Waals surface area contributed by atoms with Gasteiger partial charge in [0.25, 0.3) is 0 Å². The van der Waals surface area contributed by atoms with Crippen LogP contribution in [0.1, 0.15) is 40.5 Å². The lowest BCUT2D eigenvalue weighted by atomic mass is 10.4. The topological polar surface area (TPSA) is 138 Å². The lowest BCUT2D eigenvalue weighted by Crippen LogP contribution is -2.27. The molecule has 0 aliphatic rings. The van der Waals surface area contributed by atoms with Gasteiger partial charge >= 0.3 is 0 Å². The normalized spacial score (nSPS) is 12.2. The molecule has 10 nitrogen and oxygen atoms in total. The molecule has 0 aliphatic carbocycles. The molecule has 0 fully saturated rings. The second-order valence-electron chi connectivity index (χ2n) is 10.8. The molecule has 0 bridgehead atoms. The van der Waals surface area contributed by atoms with E-state index in [2.05, 4.69) is 67.0 Å². The highest BCUT2D eigenvalue weighted by molar-refractivity contribution is 7.85. The zero-order valence-electron chi connectivity index (χ0n) is 22.6. The van der Waals surface area contributed by atoms with Gasteiger partial charge in [0, 0.05) is 23.6 Å². The van der Waals surface area contributed by atoms with E-state index in [9.17, 15) is 25.9 Å². The summed E-state index contributed by atoms with van der Waals surface area (Å²) in [6.07, 6.45) is 0.786. The summed E-state index contributed by atoms with van der Waals surface area (Å²) < 4.78 is 62.6. The minimum atomic E-state index is -4.01. The molecule has 0 aromatic rings. The number of hydrogen-bond donors (Lipinski definition) is 2. The molecule has 0 amide bonds. The summed E-state index contributed by atoms with van der Waals surface area (Å²) in [5, 5.41) is 6.03. The summed E-state index contributed by atoms with van der Waals surface area (Å²) in [4.78, 5) is 0. The van der Waals surface area contributed by atoms with E-state index >= 15 is 0 Å². The van der Waals surface area contributed by atoms with Crippen LogP contribution < -0.4 is 10.6 Å². The van der Waals surface area contributed by atoms with Crippen molar-refractivity contribution in [3.63, 3.8) is 0 Å². The van der Waals surface area contributed by atoms with Crippen LogP contribution in [-0.4, -0.2) is 128 Å². The summed E-state index contributed by atoms with van der Waals surface area (Å²) in [7, 11) is 8.98. The van der Waals surface area contributed by atoms with Gasteiger partial charge in [0.05, 0.1) is 76.6 Å². The van der Waals surface area contributed by atoms with Crippen LogP contribution in [0.25, 0.3) is 0 Å². The van der Waals surface area contributed by atoms with E-state index in [0.717, 1.165) is 8.97 Å². The highest BCUT2D eigenvalue weighted by atomic mass is 32.2. The molecule has 32 heavy (non-hydrogen) atoms. The minimum absolute atomic E-state index is 0.271. The second-order valence-corrected chi connectivity index (χ2v) is 13.9. The molecule has 12 heteroatoms. The Morgan fingerprint density at radius 3 is 0.906 bits per heavy atom. The van der Waals surface area contributed by atoms with Gasteiger partial charge in [0.15, 0.2) is 0 Å². The van der Waals surface area contributed by atoms with Crippen molar-refractivity contribution in [2.24, 2.45) is 0 Å². The van der Waals surface area contributed by atoms with Crippen molar-refractivity contribution in [3.8, 4) is 0 Å². The smallest absolute Gasteiger partial charge is 0.0946 e. The Labute approximate surface area is 199 Å². The van der Waals surface area contributed by atoms with E-state index in [1.165, 1.54) is 0 Å². The first-order chi connectivity index (χ1) is 13.8. The van der Waals surface area contributed by atoms with E-state index in [1.54, 1.807) is 0 Å². The number of quaternary nitrogens is 2. The summed E-state index contributed by atoms with van der Waals surface area (Å²) in [5.74, 6) is -0.542. The quantitative estimate of drug-likeness (QED) is 0.247. The fraction of sp³-hybridized carbons (Fsp3) is 1.00. The first-order valence-electron chi connectivity index (χ1n) is 10.7. The SMILES string of the molecule is CC(C)NCCCS(=O)(=O)[O-].CC(C)NCCCS(=O)(=O)[O-].C[N+](C)(C)C.C[N+](C)(C)C. The van der Waals surface area contributed by atoms with Crippen molar-refractivity contribution in [2.45, 2.75) is 52.6 Å². The number of hydrogen-bond acceptors (Lipinski definition) is 8. The third-order valence-electron chi connectivity index (χ3n) is 2.25. The molecule has 0 unspecified atom stereocenters. The van der Waals surface area contributed by atoms with Crippen LogP contribution in [0.15, 0.2) is 0 Å². The van der Waals surface area contributed by atoms with Crippen molar-refractivity contribution in [1.82, 2.24) is 10.6 Å². The van der Waals surface area contributed by atoms with Crippen LogP contribution in [-0.2, 0) is 20.2 Å². The maximum Gasteiger partial charge on any atom is 0.0946 e. The molecule has 0 spiro atoms. The molecule has 0 rings (SSSR count). The molecule has 0 aromatic heterocycles. The molecular formula is C20H52N4O6S2. The molecule has 0 saturated heterocycles. The molecule has 0 atom stereocenters. The summed E-state index contributed by atoms with van der Waals surface area (Å²) in [5.41, 5.74) is 0. The first-order valence-corrected chi connectivity index (χ1v) is 13.9. The number of nitrogens with one attached hydrogen (secondary N) is 2. The predicted octanol–water partition coefficient (Wildman–Crippen LogP) is 0.484. The van der Waals surface area contributed by atoms with E-state index in [-0.39, 0.29) is 11.5 Å². The largest absolute Gasteiger partial charge is 0.748 e. The summed E-state index contributed by atoms with van der Waals surface area (Å²) >= 11 is 0. The minimum Gasteiger partial charge on any atom is -0.748 e. The zero-order chi connectivity index (χ0) is 26.8. The van der Waals surface area contributed by atoms with Gasteiger partial charge in [-0.1, -0.05) is 27.7 Å². The highest BCUT2D eigenvalue weighted by Gasteiger charge is 1.96. The van der Waals surface area contributed by atoms with Crippen LogP contribution in [0.2, 0.25) is 0 Å². The van der Waals surface area contributed by atoms with Crippen LogP contribution in [0, 0.1) is 0 Å². The molecular weight excluding hydrogens is 456 g/mol. The Morgan fingerprint density at radius 2 is 0.781 bits per heavy atom. The Balaban J connectivity index is -0.000000175. The van der Waals surface area contributed by atoms with Gasteiger partial charge in [-0.2, -0.15) is 0 Å². The van der Waals surface area contributed by atoms with Crippen LogP contribution >= 0.6 is 0 Å². The van der Waals surface area contributed by atoms with E-state index in [0.29, 0.717) is 38.0 Å². The lowest BCUT2D eigenvalue weighted by molar-refractivity contribution is -0.849. The van der Waals surface area contributed by atoms with Crippen molar-refractivity contribution < 1.29 is 34.9 Å². The first kappa shape index (κ1) is 38.9. The van der Waals surface area contributed by atoms with Gasteiger partial charge in [-0.25, -0.2) is 16.8 Å². The lowest BCUT2D eigenvalue weighted by Gasteiger charge is -2.14. The Hall–Kier alpha value is -0.340. The van der Waals surface area contributed by atoms with Gasteiger partial charge in [-0.05, 0) is 25.9 Å². The Kier molecular flexibility index (Phi) is 23.1. The van der Waals surface area contributed by atoms with Crippen molar-refractivity contribution in [2.75, 3.05) is 81.0 Å². The van der Waals surface area contributed by atoms with E-state index in [4.69, 9.17) is 0 Å². The summed E-state index contributed by atoms with van der Waals surface area (Å²) in [6, 6.07) is 0.675. The molecule has 0 radical (unpaired) electrons. The summed E-state index contributed by atoms with van der Waals surface area (Å²) in [6.45, 7) is 9.02. The highest BCUT2D eigenvalue weighted by Crippen LogP contribution is 1.88. The zero-order valence-corrected chi connectivity index (χ0v) is 24.2. The third-order valence-corrected chi connectivity index (χ3v) is 3.82. The monoisotopic (exact) mass is 508 g/mol. The Morgan fingerprint density at radius 1 is 0.594 bits per heavy atom. The maximum atomic E-state index is 10.1. The van der Waals surface area contributed by atoms with E-state index < -0.39 is 20.2 Å². The van der Waals surface area contributed by atoms with E-state index in [1.807, 2.05) is 27.7 Å². The molecule has 0 aliphatic heterocycles. The number of nitrogens with zero attached hydrogens (tertiary/aromatic N) is 2. The fourth-order valence-electron chi connectivity index (χ4n) is 1.28. The molecule has 2 N–H and O–H groups in total. The van der Waals surface area contributed by atoms with Gasteiger partial charge in [0.1, 0.15) is 0 Å². The molecule has 200 valence electrons. The van der Waals surface area contributed by atoms with Crippen LogP contribution in [0.3, 0.4) is 0 Å². The fourth-order valence-corrected chi connectivity index (χ4v) is 2.28. The van der Waals surface area contributed by atoms with Crippen molar-refractivity contribution in [1.29, 1.82) is 0 Å². The molecule has 0 saturated carbocycles. The number of rotatable bonds is 10. The van der Waals surface area contributed by atoms with Crippen LogP contribution in [0.4, 0.5) is 0 Å². The van der Waals surface area contributed by atoms with Crippen molar-refractivity contribution in [3.05, 3.63) is 0 Å². The Bertz CT molecular complexity index is 555. The van der Waals surface area contributed by atoms with Gasteiger partial charge in [-0.3, -0.25) is 0 Å². The second kappa shape index (κ2) is 19.0. The van der Waals surface area contributed by atoms with Gasteiger partial charge in [-0.15, -0.1) is 0 Å². The van der Waals surface area contributed by atoms with Gasteiger partial charge in [0.2, 0.25) is 0 Å². The van der Waals surface area contributed by atoms with Gasteiger partial charge < -0.3 is 28.7 Å². The average Bonchev–Trinajstić information content (AvgIpc) is 2.43.